The number of rotatable bonds is 7. The lowest BCUT2D eigenvalue weighted by Gasteiger charge is -2.29. The van der Waals surface area contributed by atoms with Crippen LogP contribution < -0.4 is 5.32 Å². The summed E-state index contributed by atoms with van der Waals surface area (Å²) in [6.07, 6.45) is -0.342. The topological polar surface area (TPSA) is 79.3 Å². The van der Waals surface area contributed by atoms with Crippen molar-refractivity contribution in [1.29, 1.82) is 0 Å². The number of benzene rings is 3. The Bertz CT molecular complexity index is 1420. The van der Waals surface area contributed by atoms with E-state index < -0.39 is 17.2 Å². The first kappa shape index (κ1) is 24.5. The normalized spacial score (nSPS) is 12.8. The highest BCUT2D eigenvalue weighted by molar-refractivity contribution is 9.10. The highest BCUT2D eigenvalue weighted by atomic mass is 79.9. The van der Waals surface area contributed by atoms with Gasteiger partial charge in [0, 0.05) is 27.4 Å². The molecule has 1 atom stereocenters. The fourth-order valence-corrected chi connectivity index (χ4v) is 4.76. The molecule has 4 aromatic rings. The van der Waals surface area contributed by atoms with Gasteiger partial charge >= 0.3 is 5.97 Å². The lowest BCUT2D eigenvalue weighted by molar-refractivity contribution is -0.138. The van der Waals surface area contributed by atoms with Crippen LogP contribution in [-0.4, -0.2) is 28.5 Å². The fourth-order valence-electron chi connectivity index (χ4n) is 4.40. The van der Waals surface area contributed by atoms with Crippen molar-refractivity contribution in [2.24, 2.45) is 0 Å². The zero-order valence-corrected chi connectivity index (χ0v) is 20.9. The third-order valence-corrected chi connectivity index (χ3v) is 6.66. The Morgan fingerprint density at radius 1 is 1.06 bits per heavy atom. The van der Waals surface area contributed by atoms with Crippen molar-refractivity contribution in [2.45, 2.75) is 25.7 Å². The number of aromatic nitrogens is 1. The third kappa shape index (κ3) is 5.10. The van der Waals surface area contributed by atoms with Gasteiger partial charge in [0.25, 0.3) is 5.91 Å². The first-order valence-corrected chi connectivity index (χ1v) is 11.9. The smallest absolute Gasteiger partial charge is 0.304 e. The van der Waals surface area contributed by atoms with E-state index in [-0.39, 0.29) is 24.4 Å². The number of pyridine rings is 1. The van der Waals surface area contributed by atoms with Gasteiger partial charge in [-0.15, -0.1) is 0 Å². The second-order valence-corrected chi connectivity index (χ2v) is 9.70. The summed E-state index contributed by atoms with van der Waals surface area (Å²) in [7, 11) is 0. The summed E-state index contributed by atoms with van der Waals surface area (Å²) in [6, 6.07) is 21.2. The minimum absolute atomic E-state index is 0.0585. The maximum atomic E-state index is 14.6. The number of aliphatic carboxylic acids is 1. The molecule has 3 aromatic carbocycles. The van der Waals surface area contributed by atoms with Crippen LogP contribution in [-0.2, 0) is 10.2 Å². The SMILES string of the molecule is Cc1c(-c2ccccc2)nc2ccc(Br)cc2c1C(=O)NC[C@](C)(CC(=O)O)c1ccccc1F. The highest BCUT2D eigenvalue weighted by Gasteiger charge is 2.33. The van der Waals surface area contributed by atoms with E-state index in [0.29, 0.717) is 27.7 Å². The van der Waals surface area contributed by atoms with Gasteiger partial charge in [-0.25, -0.2) is 9.37 Å². The van der Waals surface area contributed by atoms with Gasteiger partial charge in [-0.05, 0) is 42.3 Å². The van der Waals surface area contributed by atoms with Crippen molar-refractivity contribution in [2.75, 3.05) is 6.54 Å². The average Bonchev–Trinajstić information content (AvgIpc) is 2.82. The fraction of sp³-hybridized carbons (Fsp3) is 0.179. The second-order valence-electron chi connectivity index (χ2n) is 8.78. The first-order chi connectivity index (χ1) is 16.7. The minimum Gasteiger partial charge on any atom is -0.481 e. The average molecular weight is 535 g/mol. The monoisotopic (exact) mass is 534 g/mol. The molecule has 4 rings (SSSR count). The summed E-state index contributed by atoms with van der Waals surface area (Å²) in [5, 5.41) is 13.1. The summed E-state index contributed by atoms with van der Waals surface area (Å²) in [4.78, 5) is 30.1. The van der Waals surface area contributed by atoms with Gasteiger partial charge in [0.2, 0.25) is 0 Å². The summed E-state index contributed by atoms with van der Waals surface area (Å²) < 4.78 is 15.4. The van der Waals surface area contributed by atoms with Gasteiger partial charge in [-0.3, -0.25) is 9.59 Å². The van der Waals surface area contributed by atoms with Crippen LogP contribution in [0, 0.1) is 12.7 Å². The number of amides is 1. The molecule has 2 N–H and O–H groups in total. The predicted molar refractivity (Wildman–Crippen MR) is 138 cm³/mol. The Morgan fingerprint density at radius 3 is 2.43 bits per heavy atom. The van der Waals surface area contributed by atoms with E-state index in [1.54, 1.807) is 25.1 Å². The van der Waals surface area contributed by atoms with Gasteiger partial charge < -0.3 is 10.4 Å². The molecule has 0 spiro atoms. The van der Waals surface area contributed by atoms with Crippen LogP contribution >= 0.6 is 15.9 Å². The number of carbonyl (C=O) groups is 2. The molecule has 35 heavy (non-hydrogen) atoms. The molecule has 7 heteroatoms. The predicted octanol–water partition coefficient (Wildman–Crippen LogP) is 6.27. The van der Waals surface area contributed by atoms with Crippen LogP contribution in [0.5, 0.6) is 0 Å². The van der Waals surface area contributed by atoms with Gasteiger partial charge in [-0.2, -0.15) is 0 Å². The second kappa shape index (κ2) is 9.96. The molecule has 0 saturated heterocycles. The number of nitrogens with zero attached hydrogens (tertiary/aromatic N) is 1. The molecule has 0 unspecified atom stereocenters. The Hall–Kier alpha value is -3.58. The van der Waals surface area contributed by atoms with E-state index in [1.807, 2.05) is 55.5 Å². The molecule has 0 aliphatic rings. The van der Waals surface area contributed by atoms with Crippen molar-refractivity contribution in [3.63, 3.8) is 0 Å². The largest absolute Gasteiger partial charge is 0.481 e. The minimum atomic E-state index is -1.15. The van der Waals surface area contributed by atoms with Crippen molar-refractivity contribution in [3.8, 4) is 11.3 Å². The van der Waals surface area contributed by atoms with Gasteiger partial charge in [0.1, 0.15) is 5.82 Å². The third-order valence-electron chi connectivity index (χ3n) is 6.17. The molecule has 5 nitrogen and oxygen atoms in total. The van der Waals surface area contributed by atoms with Crippen molar-refractivity contribution in [3.05, 3.63) is 99.8 Å². The van der Waals surface area contributed by atoms with Gasteiger partial charge in [-0.1, -0.05) is 71.4 Å². The molecule has 0 aliphatic heterocycles. The molecular formula is C28H24BrFN2O3. The summed E-state index contributed by atoms with van der Waals surface area (Å²) in [5.41, 5.74) is 2.47. The summed E-state index contributed by atoms with van der Waals surface area (Å²) >= 11 is 3.47. The van der Waals surface area contributed by atoms with E-state index in [0.717, 1.165) is 10.0 Å². The van der Waals surface area contributed by atoms with Crippen molar-refractivity contribution < 1.29 is 19.1 Å². The molecule has 0 fully saturated rings. The van der Waals surface area contributed by atoms with E-state index in [2.05, 4.69) is 21.2 Å². The maximum absolute atomic E-state index is 14.6. The lowest BCUT2D eigenvalue weighted by atomic mass is 9.79. The van der Waals surface area contributed by atoms with Crippen LogP contribution in [0.15, 0.2) is 77.3 Å². The number of halogens is 2. The Morgan fingerprint density at radius 2 is 1.74 bits per heavy atom. The standard InChI is InChI=1S/C28H24BrFN2O3/c1-17-25(20-14-19(29)12-13-23(20)32-26(17)18-8-4-3-5-9-18)27(35)31-16-28(2,15-24(33)34)21-10-6-7-11-22(21)30/h3-14H,15-16H2,1-2H3,(H,31,35)(H,33,34)/t28-/m0/s1. The molecular weight excluding hydrogens is 511 g/mol. The van der Waals surface area contributed by atoms with Crippen LogP contribution in [0.25, 0.3) is 22.2 Å². The van der Waals surface area contributed by atoms with Crippen molar-refractivity contribution >= 4 is 38.7 Å². The Balaban J connectivity index is 1.78. The highest BCUT2D eigenvalue weighted by Crippen LogP contribution is 2.33. The quantitative estimate of drug-likeness (QED) is 0.292. The first-order valence-electron chi connectivity index (χ1n) is 11.1. The molecule has 1 aromatic heterocycles. The number of nitrogens with one attached hydrogen (secondary N) is 1. The Kier molecular flexibility index (Phi) is 6.98. The van der Waals surface area contributed by atoms with E-state index in [1.165, 1.54) is 6.07 Å². The van der Waals surface area contributed by atoms with Crippen LogP contribution in [0.3, 0.4) is 0 Å². The van der Waals surface area contributed by atoms with Crippen molar-refractivity contribution in [1.82, 2.24) is 10.3 Å². The van der Waals surface area contributed by atoms with E-state index in [4.69, 9.17) is 4.98 Å². The number of carbonyl (C=O) groups excluding carboxylic acids is 1. The molecule has 0 saturated carbocycles. The molecule has 0 radical (unpaired) electrons. The molecule has 1 heterocycles. The molecule has 1 amide bonds. The van der Waals surface area contributed by atoms with Crippen LogP contribution in [0.2, 0.25) is 0 Å². The molecule has 0 aliphatic carbocycles. The molecule has 0 bridgehead atoms. The number of fused-ring (bicyclic) bond motifs is 1. The van der Waals surface area contributed by atoms with Gasteiger partial charge in [0.05, 0.1) is 23.2 Å². The number of carboxylic acid groups (broad SMARTS) is 1. The maximum Gasteiger partial charge on any atom is 0.304 e. The summed E-state index contributed by atoms with van der Waals surface area (Å²) in [6.45, 7) is 3.43. The van der Waals surface area contributed by atoms with E-state index in [9.17, 15) is 19.1 Å². The van der Waals surface area contributed by atoms with E-state index >= 15 is 0 Å². The van der Waals surface area contributed by atoms with Crippen LogP contribution in [0.1, 0.15) is 34.8 Å². The Labute approximate surface area is 211 Å². The zero-order valence-electron chi connectivity index (χ0n) is 19.3. The van der Waals surface area contributed by atoms with Gasteiger partial charge in [0.15, 0.2) is 0 Å². The van der Waals surface area contributed by atoms with Crippen LogP contribution in [0.4, 0.5) is 4.39 Å². The number of hydrogen-bond donors (Lipinski definition) is 2. The summed E-state index contributed by atoms with van der Waals surface area (Å²) in [5.74, 6) is -1.96. The number of carboxylic acids is 1. The lowest BCUT2D eigenvalue weighted by Crippen LogP contribution is -2.41. The molecule has 178 valence electrons. The zero-order chi connectivity index (χ0) is 25.2. The number of hydrogen-bond acceptors (Lipinski definition) is 3.